The minimum absolute atomic E-state index is 0.136. The minimum Gasteiger partial charge on any atom is -0.322 e. The summed E-state index contributed by atoms with van der Waals surface area (Å²) in [6.07, 6.45) is 0. The van der Waals surface area contributed by atoms with Crippen LogP contribution in [0.15, 0.2) is 18.2 Å². The zero-order chi connectivity index (χ0) is 13.1. The first-order chi connectivity index (χ1) is 7.79. The Balaban J connectivity index is 2.60. The molecule has 0 saturated heterocycles. The quantitative estimate of drug-likeness (QED) is 0.849. The monoisotopic (exact) mass is 238 g/mol. The molecule has 0 fully saturated rings. The largest absolute Gasteiger partial charge is 0.322 e. The van der Waals surface area contributed by atoms with E-state index in [-0.39, 0.29) is 29.5 Å². The Morgan fingerprint density at radius 1 is 1.35 bits per heavy atom. The van der Waals surface area contributed by atoms with E-state index in [2.05, 4.69) is 10.6 Å². The molecule has 0 atom stereocenters. The van der Waals surface area contributed by atoms with E-state index in [4.69, 9.17) is 0 Å². The van der Waals surface area contributed by atoms with E-state index < -0.39 is 0 Å². The van der Waals surface area contributed by atoms with Crippen LogP contribution < -0.4 is 10.6 Å². The molecule has 0 aromatic heterocycles. The highest BCUT2D eigenvalue weighted by Gasteiger charge is 2.12. The van der Waals surface area contributed by atoms with E-state index >= 15 is 0 Å². The molecule has 1 aromatic rings. The van der Waals surface area contributed by atoms with E-state index in [0.717, 1.165) is 0 Å². The zero-order valence-electron chi connectivity index (χ0n) is 10.7. The second kappa shape index (κ2) is 5.27. The molecule has 0 radical (unpaired) electrons. The van der Waals surface area contributed by atoms with Crippen molar-refractivity contribution in [2.45, 2.75) is 33.2 Å². The summed E-state index contributed by atoms with van der Waals surface area (Å²) in [6.45, 7) is 7.73. The third-order valence-corrected chi connectivity index (χ3v) is 2.25. The van der Waals surface area contributed by atoms with E-state index in [1.54, 1.807) is 25.1 Å². The number of benzene rings is 1. The SMILES string of the molecule is Cc1cccc(NC(=O)CNC(C)(C)C)c1F. The third kappa shape index (κ3) is 4.53. The lowest BCUT2D eigenvalue weighted by Gasteiger charge is -2.20. The summed E-state index contributed by atoms with van der Waals surface area (Å²) in [7, 11) is 0. The lowest BCUT2D eigenvalue weighted by Crippen LogP contribution is -2.41. The second-order valence-electron chi connectivity index (χ2n) is 5.09. The van der Waals surface area contributed by atoms with Crippen LogP contribution in [0.25, 0.3) is 0 Å². The third-order valence-electron chi connectivity index (χ3n) is 2.25. The first kappa shape index (κ1) is 13.6. The molecule has 4 heteroatoms. The maximum atomic E-state index is 13.6. The van der Waals surface area contributed by atoms with Crippen molar-refractivity contribution < 1.29 is 9.18 Å². The van der Waals surface area contributed by atoms with Crippen molar-refractivity contribution in [1.29, 1.82) is 0 Å². The summed E-state index contributed by atoms with van der Waals surface area (Å²) in [5, 5.41) is 5.59. The summed E-state index contributed by atoms with van der Waals surface area (Å²) in [4.78, 5) is 11.6. The first-order valence-corrected chi connectivity index (χ1v) is 5.59. The van der Waals surface area contributed by atoms with Crippen LogP contribution in [0.2, 0.25) is 0 Å². The van der Waals surface area contributed by atoms with Gasteiger partial charge in [-0.2, -0.15) is 0 Å². The maximum Gasteiger partial charge on any atom is 0.238 e. The van der Waals surface area contributed by atoms with Gasteiger partial charge in [0.2, 0.25) is 5.91 Å². The summed E-state index contributed by atoms with van der Waals surface area (Å²) in [5.41, 5.74) is 0.611. The molecule has 1 amide bonds. The molecule has 0 aliphatic rings. The fourth-order valence-corrected chi connectivity index (χ4v) is 1.28. The highest BCUT2D eigenvalue weighted by molar-refractivity contribution is 5.92. The van der Waals surface area contributed by atoms with Gasteiger partial charge in [-0.25, -0.2) is 4.39 Å². The van der Waals surface area contributed by atoms with Crippen molar-refractivity contribution >= 4 is 11.6 Å². The van der Waals surface area contributed by atoms with Gasteiger partial charge in [0, 0.05) is 5.54 Å². The Kier molecular flexibility index (Phi) is 4.23. The molecule has 1 aromatic carbocycles. The van der Waals surface area contributed by atoms with Crippen LogP contribution in [-0.2, 0) is 4.79 Å². The Bertz CT molecular complexity index is 410. The minimum atomic E-state index is -0.378. The zero-order valence-corrected chi connectivity index (χ0v) is 10.7. The van der Waals surface area contributed by atoms with Crippen LogP contribution in [0.5, 0.6) is 0 Å². The van der Waals surface area contributed by atoms with Crippen molar-refractivity contribution in [1.82, 2.24) is 5.32 Å². The Hall–Kier alpha value is -1.42. The number of carbonyl (C=O) groups is 1. The van der Waals surface area contributed by atoms with Gasteiger partial charge in [-0.05, 0) is 39.3 Å². The number of carbonyl (C=O) groups excluding carboxylic acids is 1. The van der Waals surface area contributed by atoms with Gasteiger partial charge in [-0.1, -0.05) is 12.1 Å². The Labute approximate surface area is 101 Å². The number of anilines is 1. The first-order valence-electron chi connectivity index (χ1n) is 5.59. The van der Waals surface area contributed by atoms with Gasteiger partial charge < -0.3 is 10.6 Å². The highest BCUT2D eigenvalue weighted by Crippen LogP contribution is 2.16. The van der Waals surface area contributed by atoms with Crippen LogP contribution >= 0.6 is 0 Å². The molecule has 3 nitrogen and oxygen atoms in total. The molecule has 94 valence electrons. The van der Waals surface area contributed by atoms with Gasteiger partial charge >= 0.3 is 0 Å². The molecule has 0 heterocycles. The topological polar surface area (TPSA) is 41.1 Å². The lowest BCUT2D eigenvalue weighted by atomic mass is 10.1. The van der Waals surface area contributed by atoms with E-state index in [9.17, 15) is 9.18 Å². The van der Waals surface area contributed by atoms with Crippen molar-refractivity contribution in [3.05, 3.63) is 29.6 Å². The molecular formula is C13H19FN2O. The number of hydrogen-bond donors (Lipinski definition) is 2. The van der Waals surface area contributed by atoms with Crippen LogP contribution in [0, 0.1) is 12.7 Å². The molecule has 0 aliphatic heterocycles. The van der Waals surface area contributed by atoms with Crippen molar-refractivity contribution in [3.63, 3.8) is 0 Å². The van der Waals surface area contributed by atoms with Crippen LogP contribution in [0.1, 0.15) is 26.3 Å². The number of hydrogen-bond acceptors (Lipinski definition) is 2. The van der Waals surface area contributed by atoms with Crippen molar-refractivity contribution in [2.75, 3.05) is 11.9 Å². The predicted octanol–water partition coefficient (Wildman–Crippen LogP) is 2.46. The van der Waals surface area contributed by atoms with Crippen LogP contribution in [-0.4, -0.2) is 18.0 Å². The number of aryl methyl sites for hydroxylation is 1. The van der Waals surface area contributed by atoms with Crippen LogP contribution in [0.4, 0.5) is 10.1 Å². The summed E-state index contributed by atoms with van der Waals surface area (Å²) in [5.74, 6) is -0.624. The average molecular weight is 238 g/mol. The highest BCUT2D eigenvalue weighted by atomic mass is 19.1. The van der Waals surface area contributed by atoms with E-state index in [0.29, 0.717) is 5.56 Å². The molecule has 17 heavy (non-hydrogen) atoms. The fraction of sp³-hybridized carbons (Fsp3) is 0.462. The van der Waals surface area contributed by atoms with E-state index in [1.807, 2.05) is 20.8 Å². The normalized spacial score (nSPS) is 11.4. The predicted molar refractivity (Wildman–Crippen MR) is 67.5 cm³/mol. The standard InChI is InChI=1S/C13H19FN2O/c1-9-6-5-7-10(12(9)14)16-11(17)8-15-13(2,3)4/h5-7,15H,8H2,1-4H3,(H,16,17). The number of rotatable bonds is 3. The second-order valence-corrected chi connectivity index (χ2v) is 5.09. The van der Waals surface area contributed by atoms with Gasteiger partial charge in [0.1, 0.15) is 5.82 Å². The summed E-state index contributed by atoms with van der Waals surface area (Å²) >= 11 is 0. The van der Waals surface area contributed by atoms with Crippen molar-refractivity contribution in [2.24, 2.45) is 0 Å². The summed E-state index contributed by atoms with van der Waals surface area (Å²) in [6, 6.07) is 4.93. The number of halogens is 1. The lowest BCUT2D eigenvalue weighted by molar-refractivity contribution is -0.115. The van der Waals surface area contributed by atoms with Crippen LogP contribution in [0.3, 0.4) is 0 Å². The Morgan fingerprint density at radius 2 is 2.00 bits per heavy atom. The molecule has 0 unspecified atom stereocenters. The fourth-order valence-electron chi connectivity index (χ4n) is 1.28. The maximum absolute atomic E-state index is 13.6. The molecule has 0 saturated carbocycles. The number of nitrogens with one attached hydrogen (secondary N) is 2. The van der Waals surface area contributed by atoms with Gasteiger partial charge in [0.05, 0.1) is 12.2 Å². The molecule has 0 bridgehead atoms. The Morgan fingerprint density at radius 3 is 2.59 bits per heavy atom. The summed E-state index contributed by atoms with van der Waals surface area (Å²) < 4.78 is 13.6. The smallest absolute Gasteiger partial charge is 0.238 e. The molecule has 0 spiro atoms. The van der Waals surface area contributed by atoms with Gasteiger partial charge in [0.25, 0.3) is 0 Å². The van der Waals surface area contributed by atoms with Gasteiger partial charge in [0.15, 0.2) is 0 Å². The van der Waals surface area contributed by atoms with E-state index in [1.165, 1.54) is 0 Å². The molecule has 1 rings (SSSR count). The van der Waals surface area contributed by atoms with Gasteiger partial charge in [-0.15, -0.1) is 0 Å². The van der Waals surface area contributed by atoms with Crippen molar-refractivity contribution in [3.8, 4) is 0 Å². The van der Waals surface area contributed by atoms with Gasteiger partial charge in [-0.3, -0.25) is 4.79 Å². The average Bonchev–Trinajstić information content (AvgIpc) is 2.21. The molecular weight excluding hydrogens is 219 g/mol. The molecule has 0 aliphatic carbocycles. The molecule has 2 N–H and O–H groups in total. The number of amides is 1.